The Labute approximate surface area is 91.5 Å². The monoisotopic (exact) mass is 205 g/mol. The second-order valence-corrected chi connectivity index (χ2v) is 4.47. The average molecular weight is 205 g/mol. The highest BCUT2D eigenvalue weighted by atomic mass is 16.3. The van der Waals surface area contributed by atoms with Gasteiger partial charge in [0.2, 0.25) is 0 Å². The minimum Gasteiger partial charge on any atom is -0.396 e. The minimum atomic E-state index is 0.302. The number of benzene rings is 1. The molecule has 82 valence electrons. The summed E-state index contributed by atoms with van der Waals surface area (Å²) >= 11 is 0. The Morgan fingerprint density at radius 3 is 2.67 bits per heavy atom. The summed E-state index contributed by atoms with van der Waals surface area (Å²) in [6.07, 6.45) is 1.23. The van der Waals surface area contributed by atoms with Crippen LogP contribution in [0.15, 0.2) is 30.3 Å². The molecule has 2 heteroatoms. The van der Waals surface area contributed by atoms with E-state index in [2.05, 4.69) is 36.1 Å². The molecule has 2 unspecified atom stereocenters. The van der Waals surface area contributed by atoms with Crippen LogP contribution in [0.25, 0.3) is 0 Å². The van der Waals surface area contributed by atoms with Crippen LogP contribution in [0, 0.1) is 5.92 Å². The number of rotatable bonds is 4. The summed E-state index contributed by atoms with van der Waals surface area (Å²) in [6.45, 7) is 4.62. The normalized spacial score (nSPS) is 23.5. The van der Waals surface area contributed by atoms with Crippen molar-refractivity contribution in [2.45, 2.75) is 25.9 Å². The van der Waals surface area contributed by atoms with Crippen molar-refractivity contribution in [2.75, 3.05) is 13.2 Å². The summed E-state index contributed by atoms with van der Waals surface area (Å²) in [5.41, 5.74) is 1.37. The Hall–Kier alpha value is -0.860. The zero-order valence-corrected chi connectivity index (χ0v) is 9.26. The van der Waals surface area contributed by atoms with Crippen LogP contribution < -0.4 is 0 Å². The number of hydrogen-bond acceptors (Lipinski definition) is 2. The van der Waals surface area contributed by atoms with Crippen molar-refractivity contribution in [2.24, 2.45) is 5.92 Å². The molecule has 1 fully saturated rings. The van der Waals surface area contributed by atoms with E-state index in [-0.39, 0.29) is 0 Å². The molecule has 0 radical (unpaired) electrons. The Kier molecular flexibility index (Phi) is 3.39. The highest BCUT2D eigenvalue weighted by molar-refractivity contribution is 5.15. The smallest absolute Gasteiger partial charge is 0.0471 e. The van der Waals surface area contributed by atoms with Crippen LogP contribution in [0.3, 0.4) is 0 Å². The molecule has 15 heavy (non-hydrogen) atoms. The average Bonchev–Trinajstić information content (AvgIpc) is 2.25. The van der Waals surface area contributed by atoms with E-state index in [1.165, 1.54) is 18.5 Å². The molecular weight excluding hydrogens is 186 g/mol. The van der Waals surface area contributed by atoms with Crippen LogP contribution in [0.2, 0.25) is 0 Å². The molecule has 1 N–H and O–H groups in total. The fraction of sp³-hybridized carbons (Fsp3) is 0.538. The second-order valence-electron chi connectivity index (χ2n) is 4.47. The van der Waals surface area contributed by atoms with Crippen molar-refractivity contribution in [3.8, 4) is 0 Å². The summed E-state index contributed by atoms with van der Waals surface area (Å²) in [7, 11) is 0. The molecule has 1 aliphatic rings. The molecule has 1 saturated heterocycles. The van der Waals surface area contributed by atoms with E-state index >= 15 is 0 Å². The third-order valence-electron chi connectivity index (χ3n) is 3.35. The topological polar surface area (TPSA) is 23.5 Å². The van der Waals surface area contributed by atoms with Crippen molar-refractivity contribution < 1.29 is 5.11 Å². The van der Waals surface area contributed by atoms with Crippen molar-refractivity contribution in [3.63, 3.8) is 0 Å². The zero-order chi connectivity index (χ0) is 10.7. The first-order valence-corrected chi connectivity index (χ1v) is 5.70. The van der Waals surface area contributed by atoms with Crippen LogP contribution in [0.4, 0.5) is 0 Å². The summed E-state index contributed by atoms with van der Waals surface area (Å²) in [5.74, 6) is 0.405. The quantitative estimate of drug-likeness (QED) is 0.811. The van der Waals surface area contributed by atoms with E-state index < -0.39 is 0 Å². The van der Waals surface area contributed by atoms with Gasteiger partial charge in [0.05, 0.1) is 0 Å². The lowest BCUT2D eigenvalue weighted by Gasteiger charge is -2.44. The maximum absolute atomic E-state index is 9.13. The molecule has 2 nitrogen and oxygen atoms in total. The van der Waals surface area contributed by atoms with Crippen LogP contribution in [0.5, 0.6) is 0 Å². The predicted molar refractivity (Wildman–Crippen MR) is 61.5 cm³/mol. The zero-order valence-electron chi connectivity index (χ0n) is 9.26. The molecule has 1 aromatic carbocycles. The fourth-order valence-electron chi connectivity index (χ4n) is 2.24. The van der Waals surface area contributed by atoms with Gasteiger partial charge in [0.25, 0.3) is 0 Å². The van der Waals surface area contributed by atoms with E-state index in [9.17, 15) is 0 Å². The van der Waals surface area contributed by atoms with Gasteiger partial charge in [0.1, 0.15) is 0 Å². The van der Waals surface area contributed by atoms with Gasteiger partial charge in [-0.15, -0.1) is 0 Å². The van der Waals surface area contributed by atoms with Gasteiger partial charge in [-0.05, 0) is 17.9 Å². The van der Waals surface area contributed by atoms with Gasteiger partial charge in [0.15, 0.2) is 0 Å². The van der Waals surface area contributed by atoms with Gasteiger partial charge < -0.3 is 5.11 Å². The molecule has 0 spiro atoms. The number of aliphatic hydroxyl groups excluding tert-OH is 1. The van der Waals surface area contributed by atoms with Crippen molar-refractivity contribution in [3.05, 3.63) is 35.9 Å². The lowest BCUT2D eigenvalue weighted by atomic mass is 9.90. The third kappa shape index (κ3) is 2.39. The van der Waals surface area contributed by atoms with Crippen LogP contribution in [-0.4, -0.2) is 29.2 Å². The fourth-order valence-corrected chi connectivity index (χ4v) is 2.24. The standard InChI is InChI=1S/C13H19NO/c1-11(10-15)13-7-8-14(13)9-12-5-3-2-4-6-12/h2-6,11,13,15H,7-10H2,1H3. The van der Waals surface area contributed by atoms with E-state index in [1.807, 2.05) is 6.07 Å². The Bertz CT molecular complexity index is 299. The second kappa shape index (κ2) is 4.77. The Morgan fingerprint density at radius 1 is 1.40 bits per heavy atom. The molecule has 2 atom stereocenters. The maximum Gasteiger partial charge on any atom is 0.0471 e. The Balaban J connectivity index is 1.91. The summed E-state index contributed by atoms with van der Waals surface area (Å²) in [6, 6.07) is 11.1. The lowest BCUT2D eigenvalue weighted by molar-refractivity contribution is 0.0215. The van der Waals surface area contributed by atoms with Crippen molar-refractivity contribution in [1.29, 1.82) is 0 Å². The van der Waals surface area contributed by atoms with E-state index in [0.717, 1.165) is 6.54 Å². The predicted octanol–water partition coefficient (Wildman–Crippen LogP) is 1.89. The van der Waals surface area contributed by atoms with Gasteiger partial charge in [-0.2, -0.15) is 0 Å². The van der Waals surface area contributed by atoms with Crippen LogP contribution >= 0.6 is 0 Å². The SMILES string of the molecule is CC(CO)C1CCN1Cc1ccccc1. The number of hydrogen-bond donors (Lipinski definition) is 1. The molecule has 0 aromatic heterocycles. The first-order valence-electron chi connectivity index (χ1n) is 5.70. The molecule has 1 aromatic rings. The summed E-state index contributed by atoms with van der Waals surface area (Å²) in [4.78, 5) is 2.45. The third-order valence-corrected chi connectivity index (χ3v) is 3.35. The highest BCUT2D eigenvalue weighted by Crippen LogP contribution is 2.26. The van der Waals surface area contributed by atoms with Crippen LogP contribution in [0.1, 0.15) is 18.9 Å². The number of nitrogens with zero attached hydrogens (tertiary/aromatic N) is 1. The molecule has 0 saturated carbocycles. The first kappa shape index (κ1) is 10.7. The Morgan fingerprint density at radius 2 is 2.13 bits per heavy atom. The summed E-state index contributed by atoms with van der Waals surface area (Å²) < 4.78 is 0. The number of aliphatic hydroxyl groups is 1. The highest BCUT2D eigenvalue weighted by Gasteiger charge is 2.31. The lowest BCUT2D eigenvalue weighted by Crippen LogP contribution is -2.51. The van der Waals surface area contributed by atoms with E-state index in [4.69, 9.17) is 5.11 Å². The molecule has 0 aliphatic carbocycles. The summed E-state index contributed by atoms with van der Waals surface area (Å²) in [5, 5.41) is 9.13. The number of likely N-dealkylation sites (tertiary alicyclic amines) is 1. The first-order chi connectivity index (χ1) is 7.31. The molecule has 0 amide bonds. The molecule has 2 rings (SSSR count). The maximum atomic E-state index is 9.13. The van der Waals surface area contributed by atoms with Crippen molar-refractivity contribution in [1.82, 2.24) is 4.90 Å². The van der Waals surface area contributed by atoms with Gasteiger partial charge >= 0.3 is 0 Å². The van der Waals surface area contributed by atoms with Gasteiger partial charge in [0, 0.05) is 25.7 Å². The molecular formula is C13H19NO. The van der Waals surface area contributed by atoms with E-state index in [1.54, 1.807) is 0 Å². The van der Waals surface area contributed by atoms with E-state index in [0.29, 0.717) is 18.6 Å². The molecule has 0 bridgehead atoms. The van der Waals surface area contributed by atoms with Crippen LogP contribution in [-0.2, 0) is 6.54 Å². The van der Waals surface area contributed by atoms with Crippen molar-refractivity contribution >= 4 is 0 Å². The minimum absolute atomic E-state index is 0.302. The largest absolute Gasteiger partial charge is 0.396 e. The molecule has 1 heterocycles. The van der Waals surface area contributed by atoms with Gasteiger partial charge in [-0.3, -0.25) is 4.90 Å². The van der Waals surface area contributed by atoms with Gasteiger partial charge in [-0.25, -0.2) is 0 Å². The molecule has 1 aliphatic heterocycles. The van der Waals surface area contributed by atoms with Gasteiger partial charge in [-0.1, -0.05) is 37.3 Å².